The fourth-order valence-electron chi connectivity index (χ4n) is 2.56. The van der Waals surface area contributed by atoms with Crippen LogP contribution in [0.4, 0.5) is 11.4 Å². The van der Waals surface area contributed by atoms with Gasteiger partial charge in [-0.1, -0.05) is 0 Å². The van der Waals surface area contributed by atoms with E-state index in [9.17, 15) is 0 Å². The SMILES string of the molecule is Nc1ccc2nccc(N3CCCCC3)c2c1. The average molecular weight is 227 g/mol. The second kappa shape index (κ2) is 4.24. The molecule has 0 atom stereocenters. The predicted molar refractivity (Wildman–Crippen MR) is 72.2 cm³/mol. The van der Waals surface area contributed by atoms with E-state index in [-0.39, 0.29) is 0 Å². The molecule has 17 heavy (non-hydrogen) atoms. The van der Waals surface area contributed by atoms with Crippen molar-refractivity contribution in [1.29, 1.82) is 0 Å². The van der Waals surface area contributed by atoms with Gasteiger partial charge >= 0.3 is 0 Å². The third-order valence-electron chi connectivity index (χ3n) is 3.44. The zero-order chi connectivity index (χ0) is 11.7. The highest BCUT2D eigenvalue weighted by atomic mass is 15.1. The number of fused-ring (bicyclic) bond motifs is 1. The maximum absolute atomic E-state index is 5.88. The van der Waals surface area contributed by atoms with Gasteiger partial charge in [0.1, 0.15) is 0 Å². The number of nitrogen functional groups attached to an aromatic ring is 1. The molecule has 0 radical (unpaired) electrons. The van der Waals surface area contributed by atoms with Crippen LogP contribution in [0.25, 0.3) is 10.9 Å². The molecule has 1 saturated heterocycles. The maximum Gasteiger partial charge on any atom is 0.0724 e. The number of aromatic nitrogens is 1. The van der Waals surface area contributed by atoms with Crippen molar-refractivity contribution < 1.29 is 0 Å². The summed E-state index contributed by atoms with van der Waals surface area (Å²) in [4.78, 5) is 6.85. The van der Waals surface area contributed by atoms with Crippen LogP contribution in [0.1, 0.15) is 19.3 Å². The number of anilines is 2. The molecule has 3 nitrogen and oxygen atoms in total. The molecule has 1 fully saturated rings. The standard InChI is InChI=1S/C14H17N3/c15-11-4-5-13-12(10-11)14(6-7-16-13)17-8-2-1-3-9-17/h4-7,10H,1-3,8-9,15H2. The zero-order valence-corrected chi connectivity index (χ0v) is 9.89. The smallest absolute Gasteiger partial charge is 0.0724 e. The summed E-state index contributed by atoms with van der Waals surface area (Å²) >= 11 is 0. The van der Waals surface area contributed by atoms with Gasteiger partial charge in [-0.2, -0.15) is 0 Å². The quantitative estimate of drug-likeness (QED) is 0.762. The van der Waals surface area contributed by atoms with Gasteiger partial charge in [-0.15, -0.1) is 0 Å². The molecule has 1 aliphatic rings. The van der Waals surface area contributed by atoms with E-state index in [1.54, 1.807) is 0 Å². The highest BCUT2D eigenvalue weighted by Crippen LogP contribution is 2.28. The van der Waals surface area contributed by atoms with Crippen molar-refractivity contribution in [2.75, 3.05) is 23.7 Å². The first-order chi connectivity index (χ1) is 8.34. The molecule has 2 N–H and O–H groups in total. The van der Waals surface area contributed by atoms with Gasteiger partial charge in [0.2, 0.25) is 0 Å². The number of hydrogen-bond acceptors (Lipinski definition) is 3. The number of rotatable bonds is 1. The molecule has 0 unspecified atom stereocenters. The number of pyridine rings is 1. The Morgan fingerprint density at radius 3 is 2.71 bits per heavy atom. The number of nitrogens with two attached hydrogens (primary N) is 1. The van der Waals surface area contributed by atoms with Crippen molar-refractivity contribution in [3.8, 4) is 0 Å². The van der Waals surface area contributed by atoms with Gasteiger partial charge in [0.05, 0.1) is 5.52 Å². The minimum absolute atomic E-state index is 0.809. The van der Waals surface area contributed by atoms with Crippen LogP contribution in [-0.4, -0.2) is 18.1 Å². The van der Waals surface area contributed by atoms with E-state index in [2.05, 4.69) is 16.0 Å². The molecule has 0 bridgehead atoms. The summed E-state index contributed by atoms with van der Waals surface area (Å²) in [5.41, 5.74) is 8.99. The lowest BCUT2D eigenvalue weighted by Crippen LogP contribution is -2.29. The Balaban J connectivity index is 2.11. The topological polar surface area (TPSA) is 42.1 Å². The van der Waals surface area contributed by atoms with Crippen LogP contribution < -0.4 is 10.6 Å². The molecule has 1 aliphatic heterocycles. The second-order valence-corrected chi connectivity index (χ2v) is 4.65. The Kier molecular flexibility index (Phi) is 2.59. The lowest BCUT2D eigenvalue weighted by atomic mass is 10.1. The molecule has 0 aliphatic carbocycles. The first-order valence-corrected chi connectivity index (χ1v) is 6.24. The van der Waals surface area contributed by atoms with Gasteiger partial charge in [0, 0.05) is 36.0 Å². The third-order valence-corrected chi connectivity index (χ3v) is 3.44. The van der Waals surface area contributed by atoms with E-state index >= 15 is 0 Å². The predicted octanol–water partition coefficient (Wildman–Crippen LogP) is 2.81. The van der Waals surface area contributed by atoms with Crippen molar-refractivity contribution in [2.45, 2.75) is 19.3 Å². The van der Waals surface area contributed by atoms with Gasteiger partial charge < -0.3 is 10.6 Å². The van der Waals surface area contributed by atoms with Crippen LogP contribution in [0.3, 0.4) is 0 Å². The lowest BCUT2D eigenvalue weighted by Gasteiger charge is -2.29. The average Bonchev–Trinajstić information content (AvgIpc) is 2.39. The third kappa shape index (κ3) is 1.93. The van der Waals surface area contributed by atoms with Crippen LogP contribution in [0.5, 0.6) is 0 Å². The Morgan fingerprint density at radius 2 is 1.88 bits per heavy atom. The molecular formula is C14H17N3. The molecule has 2 aromatic rings. The number of benzene rings is 1. The van der Waals surface area contributed by atoms with Crippen LogP contribution in [0.15, 0.2) is 30.5 Å². The Bertz CT molecular complexity index is 530. The number of hydrogen-bond donors (Lipinski definition) is 1. The second-order valence-electron chi connectivity index (χ2n) is 4.65. The number of piperidine rings is 1. The largest absolute Gasteiger partial charge is 0.399 e. The normalized spacial score (nSPS) is 16.4. The van der Waals surface area contributed by atoms with Crippen LogP contribution >= 0.6 is 0 Å². The molecule has 1 aromatic carbocycles. The van der Waals surface area contributed by atoms with Crippen molar-refractivity contribution in [2.24, 2.45) is 0 Å². The van der Waals surface area contributed by atoms with E-state index < -0.39 is 0 Å². The van der Waals surface area contributed by atoms with E-state index in [4.69, 9.17) is 5.73 Å². The molecule has 2 heterocycles. The minimum Gasteiger partial charge on any atom is -0.399 e. The molecule has 0 amide bonds. The molecule has 1 aromatic heterocycles. The van der Waals surface area contributed by atoms with Crippen molar-refractivity contribution >= 4 is 22.3 Å². The lowest BCUT2D eigenvalue weighted by molar-refractivity contribution is 0.579. The highest BCUT2D eigenvalue weighted by molar-refractivity contribution is 5.93. The summed E-state index contributed by atoms with van der Waals surface area (Å²) in [6, 6.07) is 8.05. The van der Waals surface area contributed by atoms with E-state index in [1.807, 2.05) is 24.4 Å². The zero-order valence-electron chi connectivity index (χ0n) is 9.89. The molecule has 0 saturated carbocycles. The Hall–Kier alpha value is -1.77. The first-order valence-electron chi connectivity index (χ1n) is 6.24. The van der Waals surface area contributed by atoms with Crippen molar-refractivity contribution in [3.63, 3.8) is 0 Å². The monoisotopic (exact) mass is 227 g/mol. The van der Waals surface area contributed by atoms with Gasteiger partial charge in [0.15, 0.2) is 0 Å². The fourth-order valence-corrected chi connectivity index (χ4v) is 2.56. The van der Waals surface area contributed by atoms with Gasteiger partial charge in [-0.3, -0.25) is 4.98 Å². The summed E-state index contributed by atoms with van der Waals surface area (Å²) in [5.74, 6) is 0. The molecule has 3 heteroatoms. The summed E-state index contributed by atoms with van der Waals surface area (Å²) in [6.07, 6.45) is 5.81. The van der Waals surface area contributed by atoms with E-state index in [0.717, 1.165) is 24.3 Å². The molecule has 88 valence electrons. The van der Waals surface area contributed by atoms with Crippen LogP contribution in [0, 0.1) is 0 Å². The summed E-state index contributed by atoms with van der Waals surface area (Å²) in [7, 11) is 0. The van der Waals surface area contributed by atoms with Gasteiger partial charge in [0.25, 0.3) is 0 Å². The van der Waals surface area contributed by atoms with Crippen molar-refractivity contribution in [3.05, 3.63) is 30.5 Å². The molecular weight excluding hydrogens is 210 g/mol. The molecule has 3 rings (SSSR count). The van der Waals surface area contributed by atoms with Crippen LogP contribution in [-0.2, 0) is 0 Å². The summed E-state index contributed by atoms with van der Waals surface area (Å²) < 4.78 is 0. The summed E-state index contributed by atoms with van der Waals surface area (Å²) in [5, 5.41) is 1.18. The Morgan fingerprint density at radius 1 is 1.06 bits per heavy atom. The number of nitrogens with zero attached hydrogens (tertiary/aromatic N) is 2. The van der Waals surface area contributed by atoms with Gasteiger partial charge in [-0.05, 0) is 43.5 Å². The minimum atomic E-state index is 0.809. The van der Waals surface area contributed by atoms with E-state index in [1.165, 1.54) is 30.3 Å². The first kappa shape index (κ1) is 10.4. The Labute approximate surface area is 101 Å². The molecule has 0 spiro atoms. The van der Waals surface area contributed by atoms with E-state index in [0.29, 0.717) is 0 Å². The summed E-state index contributed by atoms with van der Waals surface area (Å²) in [6.45, 7) is 2.29. The van der Waals surface area contributed by atoms with Gasteiger partial charge in [-0.25, -0.2) is 0 Å². The van der Waals surface area contributed by atoms with Crippen molar-refractivity contribution in [1.82, 2.24) is 4.98 Å². The highest BCUT2D eigenvalue weighted by Gasteiger charge is 2.13. The fraction of sp³-hybridized carbons (Fsp3) is 0.357. The van der Waals surface area contributed by atoms with Crippen LogP contribution in [0.2, 0.25) is 0 Å². The maximum atomic E-state index is 5.88.